The first-order chi connectivity index (χ1) is 7.70. The molecule has 1 heterocycles. The Morgan fingerprint density at radius 3 is 2.88 bits per heavy atom. The quantitative estimate of drug-likeness (QED) is 0.915. The number of nitrogens with one attached hydrogen (secondary N) is 1. The van der Waals surface area contributed by atoms with E-state index in [0.29, 0.717) is 15.9 Å². The van der Waals surface area contributed by atoms with Crippen molar-refractivity contribution < 1.29 is 4.74 Å². The van der Waals surface area contributed by atoms with Crippen LogP contribution in [0.25, 0.3) is 0 Å². The summed E-state index contributed by atoms with van der Waals surface area (Å²) in [6.45, 7) is 1.95. The van der Waals surface area contributed by atoms with Crippen LogP contribution >= 0.6 is 23.1 Å². The number of hydrogen-bond donors (Lipinski definition) is 1. The molecular weight excluding hydrogens is 248 g/mol. The number of hydrogen-bond acceptors (Lipinski definition) is 6. The molecule has 1 N–H and O–H groups in total. The summed E-state index contributed by atoms with van der Waals surface area (Å²) in [4.78, 5) is 0. The van der Waals surface area contributed by atoms with Crippen LogP contribution in [-0.4, -0.2) is 21.9 Å². The lowest BCUT2D eigenvalue weighted by atomic mass is 10.2. The highest BCUT2D eigenvalue weighted by molar-refractivity contribution is 7.09. The highest BCUT2D eigenvalue weighted by Crippen LogP contribution is 2.32. The average molecular weight is 257 g/mol. The zero-order chi connectivity index (χ0) is 11.5. The van der Waals surface area contributed by atoms with Crippen molar-refractivity contribution in [3.8, 4) is 5.75 Å². The van der Waals surface area contributed by atoms with E-state index in [4.69, 9.17) is 16.3 Å². The van der Waals surface area contributed by atoms with Gasteiger partial charge in [-0.25, -0.2) is 0 Å². The molecule has 0 fully saturated rings. The van der Waals surface area contributed by atoms with Gasteiger partial charge in [0.25, 0.3) is 0 Å². The van der Waals surface area contributed by atoms with Gasteiger partial charge in [-0.05, 0) is 29.8 Å². The monoisotopic (exact) mass is 256 g/mol. The summed E-state index contributed by atoms with van der Waals surface area (Å²) in [6.07, 6.45) is 0. The number of methoxy groups -OCH3 is 1. The van der Waals surface area contributed by atoms with Crippen molar-refractivity contribution in [3.63, 3.8) is 0 Å². The molecule has 1 aromatic heterocycles. The third-order valence-corrected chi connectivity index (χ3v) is 2.85. The van der Waals surface area contributed by atoms with E-state index < -0.39 is 0 Å². The summed E-state index contributed by atoms with van der Waals surface area (Å²) in [6, 6.07) is 3.65. The SMILES string of the molecule is COc1cc(C)c(Nc2nnns2)cc1Cl. The van der Waals surface area contributed by atoms with Crippen LogP contribution in [0, 0.1) is 6.92 Å². The Kier molecular flexibility index (Phi) is 3.21. The summed E-state index contributed by atoms with van der Waals surface area (Å²) in [5, 5.41) is 11.6. The van der Waals surface area contributed by atoms with Gasteiger partial charge in [-0.15, -0.1) is 0 Å². The molecular formula is C9H9ClN4OS. The third-order valence-electron chi connectivity index (χ3n) is 2.04. The minimum absolute atomic E-state index is 0.549. The fourth-order valence-electron chi connectivity index (χ4n) is 1.24. The molecule has 0 aliphatic rings. The van der Waals surface area contributed by atoms with E-state index in [9.17, 15) is 0 Å². The van der Waals surface area contributed by atoms with Crippen LogP contribution in [0.1, 0.15) is 5.56 Å². The number of aromatic nitrogens is 3. The molecule has 5 nitrogen and oxygen atoms in total. The number of halogens is 1. The largest absolute Gasteiger partial charge is 0.495 e. The van der Waals surface area contributed by atoms with E-state index in [2.05, 4.69) is 20.1 Å². The summed E-state index contributed by atoms with van der Waals surface area (Å²) in [5.74, 6) is 0.653. The van der Waals surface area contributed by atoms with E-state index in [0.717, 1.165) is 11.3 Å². The van der Waals surface area contributed by atoms with Crippen LogP contribution in [0.5, 0.6) is 5.75 Å². The normalized spacial score (nSPS) is 10.2. The van der Waals surface area contributed by atoms with Gasteiger partial charge in [-0.1, -0.05) is 21.2 Å². The number of anilines is 2. The van der Waals surface area contributed by atoms with E-state index in [1.54, 1.807) is 13.2 Å². The highest BCUT2D eigenvalue weighted by atomic mass is 35.5. The van der Waals surface area contributed by atoms with Gasteiger partial charge in [0.05, 0.1) is 12.1 Å². The van der Waals surface area contributed by atoms with Gasteiger partial charge >= 0.3 is 0 Å². The average Bonchev–Trinajstić information content (AvgIpc) is 2.75. The topological polar surface area (TPSA) is 59.9 Å². The van der Waals surface area contributed by atoms with Crippen molar-refractivity contribution in [1.29, 1.82) is 0 Å². The predicted molar refractivity (Wildman–Crippen MR) is 63.7 cm³/mol. The minimum atomic E-state index is 0.549. The molecule has 0 saturated carbocycles. The molecule has 16 heavy (non-hydrogen) atoms. The van der Waals surface area contributed by atoms with Crippen molar-refractivity contribution in [3.05, 3.63) is 22.7 Å². The van der Waals surface area contributed by atoms with Crippen LogP contribution in [-0.2, 0) is 0 Å². The minimum Gasteiger partial charge on any atom is -0.495 e. The standard InChI is InChI=1S/C9H9ClN4OS/c1-5-3-8(15-2)6(10)4-7(5)11-9-12-13-14-16-9/h3-4H,1-2H3,(H,11,12,14). The molecule has 2 aromatic rings. The first kappa shape index (κ1) is 11.1. The molecule has 84 valence electrons. The first-order valence-corrected chi connectivity index (χ1v) is 5.62. The molecule has 1 aromatic carbocycles. The molecule has 0 aliphatic heterocycles. The van der Waals surface area contributed by atoms with Crippen molar-refractivity contribution in [2.75, 3.05) is 12.4 Å². The Morgan fingerprint density at radius 1 is 1.44 bits per heavy atom. The maximum Gasteiger partial charge on any atom is 0.229 e. The van der Waals surface area contributed by atoms with Gasteiger partial charge < -0.3 is 10.1 Å². The second-order valence-corrected chi connectivity index (χ2v) is 4.23. The maximum atomic E-state index is 6.03. The van der Waals surface area contributed by atoms with Crippen LogP contribution in [0.4, 0.5) is 10.8 Å². The Labute approximate surface area is 102 Å². The van der Waals surface area contributed by atoms with E-state index in [1.165, 1.54) is 11.5 Å². The van der Waals surface area contributed by atoms with Crippen LogP contribution < -0.4 is 10.1 Å². The van der Waals surface area contributed by atoms with E-state index >= 15 is 0 Å². The van der Waals surface area contributed by atoms with Gasteiger partial charge in [0.15, 0.2) is 0 Å². The number of benzene rings is 1. The first-order valence-electron chi connectivity index (χ1n) is 4.47. The molecule has 0 atom stereocenters. The molecule has 2 rings (SSSR count). The number of ether oxygens (including phenoxy) is 1. The van der Waals surface area contributed by atoms with Gasteiger partial charge in [-0.2, -0.15) is 0 Å². The molecule has 0 saturated heterocycles. The maximum absolute atomic E-state index is 6.03. The number of nitrogens with zero attached hydrogens (tertiary/aromatic N) is 3. The Hall–Kier alpha value is -1.40. The van der Waals surface area contributed by atoms with Crippen molar-refractivity contribution >= 4 is 34.0 Å². The summed E-state index contributed by atoms with van der Waals surface area (Å²) in [7, 11) is 1.59. The predicted octanol–water partition coefficient (Wildman–Crippen LogP) is 2.65. The molecule has 0 spiro atoms. The Balaban J connectivity index is 2.31. The van der Waals surface area contributed by atoms with Crippen molar-refractivity contribution in [2.45, 2.75) is 6.92 Å². The lowest BCUT2D eigenvalue weighted by molar-refractivity contribution is 0.415. The second-order valence-electron chi connectivity index (χ2n) is 3.09. The molecule has 0 amide bonds. The Bertz CT molecular complexity index is 489. The third kappa shape index (κ3) is 2.23. The number of aryl methyl sites for hydroxylation is 1. The molecule has 7 heteroatoms. The second kappa shape index (κ2) is 4.63. The van der Waals surface area contributed by atoms with Crippen LogP contribution in [0.15, 0.2) is 12.1 Å². The van der Waals surface area contributed by atoms with Crippen LogP contribution in [0.2, 0.25) is 5.02 Å². The molecule has 0 bridgehead atoms. The Morgan fingerprint density at radius 2 is 2.25 bits per heavy atom. The highest BCUT2D eigenvalue weighted by Gasteiger charge is 2.07. The smallest absolute Gasteiger partial charge is 0.229 e. The molecule has 0 unspecified atom stereocenters. The lowest BCUT2D eigenvalue weighted by Gasteiger charge is -2.09. The van der Waals surface area contributed by atoms with Crippen LogP contribution in [0.3, 0.4) is 0 Å². The fourth-order valence-corrected chi connectivity index (χ4v) is 1.86. The van der Waals surface area contributed by atoms with Gasteiger partial charge in [0.2, 0.25) is 5.13 Å². The molecule has 0 aliphatic carbocycles. The van der Waals surface area contributed by atoms with Crippen molar-refractivity contribution in [1.82, 2.24) is 14.8 Å². The van der Waals surface area contributed by atoms with E-state index in [-0.39, 0.29) is 0 Å². The summed E-state index contributed by atoms with van der Waals surface area (Å²) >= 11 is 7.21. The molecule has 0 radical (unpaired) electrons. The summed E-state index contributed by atoms with van der Waals surface area (Å²) < 4.78 is 8.78. The zero-order valence-electron chi connectivity index (χ0n) is 8.69. The lowest BCUT2D eigenvalue weighted by Crippen LogP contribution is -1.94. The van der Waals surface area contributed by atoms with Crippen molar-refractivity contribution in [2.24, 2.45) is 0 Å². The van der Waals surface area contributed by atoms with E-state index in [1.807, 2.05) is 13.0 Å². The fraction of sp³-hybridized carbons (Fsp3) is 0.222. The summed E-state index contributed by atoms with van der Waals surface area (Å²) in [5.41, 5.74) is 1.88. The number of rotatable bonds is 3. The van der Waals surface area contributed by atoms with Gasteiger partial charge in [0, 0.05) is 17.2 Å². The zero-order valence-corrected chi connectivity index (χ0v) is 10.3. The van der Waals surface area contributed by atoms with Gasteiger partial charge in [-0.3, -0.25) is 0 Å². The van der Waals surface area contributed by atoms with Gasteiger partial charge in [0.1, 0.15) is 5.75 Å².